The molecule has 0 aliphatic heterocycles. The van der Waals surface area contributed by atoms with E-state index in [4.69, 9.17) is 4.74 Å². The number of nitrogens with zero attached hydrogens (tertiary/aromatic N) is 3. The number of carbonyl (C=O) groups is 1. The van der Waals surface area contributed by atoms with Gasteiger partial charge in [0.15, 0.2) is 0 Å². The lowest BCUT2D eigenvalue weighted by Crippen LogP contribution is -2.30. The standard InChI is InChI=1S/C24H19N5O3/c1-32-18-12-10-16(11-13-18)15-29-22(19-7-3-5-9-21(19)27-24(29)31)28-23(30)26-20-8-4-2-6-17(20)14-25/h2-13H,15H2,1H3,(H2,26,28,30). The highest BCUT2D eigenvalue weighted by Gasteiger charge is 2.15. The van der Waals surface area contributed by atoms with Gasteiger partial charge in [-0.05, 0) is 42.0 Å². The number of urea groups is 1. The zero-order valence-corrected chi connectivity index (χ0v) is 17.2. The molecule has 0 bridgehead atoms. The Bertz CT molecular complexity index is 1390. The molecule has 0 saturated carbocycles. The predicted molar refractivity (Wildman–Crippen MR) is 122 cm³/mol. The number of benzene rings is 3. The maximum atomic E-state index is 12.8. The lowest BCUT2D eigenvalue weighted by molar-refractivity contribution is 0.262. The second-order valence-electron chi connectivity index (χ2n) is 6.93. The van der Waals surface area contributed by atoms with Crippen LogP contribution in [-0.2, 0) is 6.54 Å². The van der Waals surface area contributed by atoms with E-state index in [0.29, 0.717) is 33.7 Å². The summed E-state index contributed by atoms with van der Waals surface area (Å²) in [5.41, 5.74) is 1.51. The van der Waals surface area contributed by atoms with Gasteiger partial charge in [-0.2, -0.15) is 10.2 Å². The molecule has 4 rings (SSSR count). The summed E-state index contributed by atoms with van der Waals surface area (Å²) >= 11 is 0. The summed E-state index contributed by atoms with van der Waals surface area (Å²) in [6.07, 6.45) is 0. The molecule has 0 aliphatic carbocycles. The van der Waals surface area contributed by atoms with Crippen molar-refractivity contribution in [1.82, 2.24) is 9.55 Å². The summed E-state index contributed by atoms with van der Waals surface area (Å²) in [7, 11) is 1.58. The number of methoxy groups -OCH3 is 1. The molecule has 0 atom stereocenters. The maximum absolute atomic E-state index is 12.8. The van der Waals surface area contributed by atoms with Crippen LogP contribution in [-0.4, -0.2) is 22.7 Å². The Morgan fingerprint density at radius 2 is 1.75 bits per heavy atom. The number of nitrogens with one attached hydrogen (secondary N) is 2. The van der Waals surface area contributed by atoms with E-state index in [2.05, 4.69) is 15.6 Å². The minimum Gasteiger partial charge on any atom is -0.497 e. The number of nitriles is 1. The van der Waals surface area contributed by atoms with Gasteiger partial charge >= 0.3 is 11.7 Å². The lowest BCUT2D eigenvalue weighted by Gasteiger charge is -2.17. The summed E-state index contributed by atoms with van der Waals surface area (Å²) in [5, 5.41) is 15.3. The number of hydrogen-bond acceptors (Lipinski definition) is 5. The molecule has 0 unspecified atom stereocenters. The summed E-state index contributed by atoms with van der Waals surface area (Å²) in [6.45, 7) is 0.199. The second kappa shape index (κ2) is 9.02. The average Bonchev–Trinajstić information content (AvgIpc) is 2.82. The van der Waals surface area contributed by atoms with E-state index >= 15 is 0 Å². The first-order valence-corrected chi connectivity index (χ1v) is 9.78. The number of rotatable bonds is 5. The van der Waals surface area contributed by atoms with E-state index in [1.165, 1.54) is 4.57 Å². The van der Waals surface area contributed by atoms with Crippen LogP contribution in [0.15, 0.2) is 77.6 Å². The van der Waals surface area contributed by atoms with Crippen LogP contribution >= 0.6 is 0 Å². The Hall–Kier alpha value is -4.64. The van der Waals surface area contributed by atoms with Gasteiger partial charge in [0.1, 0.15) is 17.6 Å². The van der Waals surface area contributed by atoms with Crippen LogP contribution in [0.1, 0.15) is 11.1 Å². The Morgan fingerprint density at radius 3 is 2.50 bits per heavy atom. The monoisotopic (exact) mass is 425 g/mol. The summed E-state index contributed by atoms with van der Waals surface area (Å²) < 4.78 is 6.59. The summed E-state index contributed by atoms with van der Waals surface area (Å²) in [5.74, 6) is 1.01. The molecule has 1 aromatic heterocycles. The fourth-order valence-corrected chi connectivity index (χ4v) is 3.32. The quantitative estimate of drug-likeness (QED) is 0.503. The predicted octanol–water partition coefficient (Wildman–Crippen LogP) is 3.97. The molecule has 3 aromatic carbocycles. The summed E-state index contributed by atoms with van der Waals surface area (Å²) in [4.78, 5) is 29.8. The topological polar surface area (TPSA) is 109 Å². The molecule has 0 radical (unpaired) electrons. The van der Waals surface area contributed by atoms with Gasteiger partial charge < -0.3 is 10.1 Å². The zero-order chi connectivity index (χ0) is 22.5. The van der Waals surface area contributed by atoms with Gasteiger partial charge in [-0.15, -0.1) is 0 Å². The van der Waals surface area contributed by atoms with Crippen LogP contribution in [0.4, 0.5) is 16.3 Å². The number of carbonyl (C=O) groups excluding carboxylic acids is 1. The van der Waals surface area contributed by atoms with Crippen molar-refractivity contribution in [2.24, 2.45) is 0 Å². The average molecular weight is 425 g/mol. The van der Waals surface area contributed by atoms with Gasteiger partial charge in [-0.1, -0.05) is 36.4 Å². The molecule has 0 aliphatic rings. The fraction of sp³-hybridized carbons (Fsp3) is 0.0833. The van der Waals surface area contributed by atoms with E-state index in [0.717, 1.165) is 5.56 Å². The molecule has 32 heavy (non-hydrogen) atoms. The molecule has 4 aromatic rings. The molecule has 0 spiro atoms. The SMILES string of the molecule is COc1ccc(Cn2c(NC(=O)Nc3ccccc3C#N)c3ccccc3nc2=O)cc1. The van der Waals surface area contributed by atoms with Crippen molar-refractivity contribution in [3.05, 3.63) is 94.4 Å². The Kier molecular flexibility index (Phi) is 5.81. The molecule has 2 amide bonds. The highest BCUT2D eigenvalue weighted by Crippen LogP contribution is 2.22. The molecule has 2 N–H and O–H groups in total. The maximum Gasteiger partial charge on any atom is 0.350 e. The van der Waals surface area contributed by atoms with Crippen molar-refractivity contribution in [3.8, 4) is 11.8 Å². The minimum absolute atomic E-state index is 0.199. The molecule has 158 valence electrons. The van der Waals surface area contributed by atoms with Gasteiger partial charge in [0.25, 0.3) is 0 Å². The first-order chi connectivity index (χ1) is 15.6. The van der Waals surface area contributed by atoms with Crippen molar-refractivity contribution in [2.75, 3.05) is 17.7 Å². The Labute approximate surface area is 183 Å². The van der Waals surface area contributed by atoms with Gasteiger partial charge in [0, 0.05) is 5.39 Å². The van der Waals surface area contributed by atoms with Gasteiger partial charge in [0.2, 0.25) is 0 Å². The Morgan fingerprint density at radius 1 is 1.03 bits per heavy atom. The highest BCUT2D eigenvalue weighted by molar-refractivity contribution is 6.04. The molecule has 1 heterocycles. The third-order valence-corrected chi connectivity index (χ3v) is 4.90. The van der Waals surface area contributed by atoms with Gasteiger partial charge in [-0.3, -0.25) is 9.88 Å². The summed E-state index contributed by atoms with van der Waals surface area (Å²) in [6, 6.07) is 22.5. The number of amides is 2. The van der Waals surface area contributed by atoms with Crippen molar-refractivity contribution in [2.45, 2.75) is 6.54 Å². The molecule has 0 saturated heterocycles. The van der Waals surface area contributed by atoms with Gasteiger partial charge in [0.05, 0.1) is 30.4 Å². The number of ether oxygens (including phenoxy) is 1. The molecule has 8 nitrogen and oxygen atoms in total. The lowest BCUT2D eigenvalue weighted by atomic mass is 10.2. The first-order valence-electron chi connectivity index (χ1n) is 9.78. The van der Waals surface area contributed by atoms with E-state index in [9.17, 15) is 14.9 Å². The zero-order valence-electron chi connectivity index (χ0n) is 17.2. The number of para-hydroxylation sites is 2. The van der Waals surface area contributed by atoms with Crippen molar-refractivity contribution in [3.63, 3.8) is 0 Å². The molecular weight excluding hydrogens is 406 g/mol. The molecule has 0 fully saturated rings. The van der Waals surface area contributed by atoms with E-state index in [1.54, 1.807) is 67.8 Å². The second-order valence-corrected chi connectivity index (χ2v) is 6.93. The van der Waals surface area contributed by atoms with Crippen LogP contribution in [0.2, 0.25) is 0 Å². The number of anilines is 2. The van der Waals surface area contributed by atoms with E-state index in [1.807, 2.05) is 18.2 Å². The minimum atomic E-state index is -0.577. The molecular formula is C24H19N5O3. The van der Waals surface area contributed by atoms with Crippen LogP contribution in [0.3, 0.4) is 0 Å². The highest BCUT2D eigenvalue weighted by atomic mass is 16.5. The third kappa shape index (κ3) is 4.27. The van der Waals surface area contributed by atoms with Crippen molar-refractivity contribution < 1.29 is 9.53 Å². The van der Waals surface area contributed by atoms with E-state index < -0.39 is 11.7 Å². The van der Waals surface area contributed by atoms with Crippen LogP contribution < -0.4 is 21.1 Å². The number of aromatic nitrogens is 2. The Balaban J connectivity index is 1.72. The van der Waals surface area contributed by atoms with Gasteiger partial charge in [-0.25, -0.2) is 9.59 Å². The third-order valence-electron chi connectivity index (χ3n) is 4.90. The van der Waals surface area contributed by atoms with Crippen molar-refractivity contribution >= 4 is 28.4 Å². The largest absolute Gasteiger partial charge is 0.497 e. The van der Waals surface area contributed by atoms with Crippen LogP contribution in [0.5, 0.6) is 5.75 Å². The van der Waals surface area contributed by atoms with E-state index in [-0.39, 0.29) is 6.54 Å². The fourth-order valence-electron chi connectivity index (χ4n) is 3.32. The first kappa shape index (κ1) is 20.6. The number of hydrogen-bond donors (Lipinski definition) is 2. The van der Waals surface area contributed by atoms with Crippen LogP contribution in [0.25, 0.3) is 10.9 Å². The number of fused-ring (bicyclic) bond motifs is 1. The normalized spacial score (nSPS) is 10.4. The molecule has 8 heteroatoms. The van der Waals surface area contributed by atoms with Crippen molar-refractivity contribution in [1.29, 1.82) is 5.26 Å². The van der Waals surface area contributed by atoms with Crippen LogP contribution in [0, 0.1) is 11.3 Å². The smallest absolute Gasteiger partial charge is 0.350 e.